The number of benzene rings is 2. The number of aromatic amines is 1. The number of rotatable bonds is 8. The first-order valence-corrected chi connectivity index (χ1v) is 10.0. The zero-order valence-electron chi connectivity index (χ0n) is 17.7. The maximum Gasteiger partial charge on any atom is 0.330 e. The van der Waals surface area contributed by atoms with Crippen molar-refractivity contribution in [2.45, 2.75) is 13.0 Å². The Morgan fingerprint density at radius 2 is 1.55 bits per heavy atom. The highest BCUT2D eigenvalue weighted by Crippen LogP contribution is 2.16. The molecule has 0 aliphatic carbocycles. The van der Waals surface area contributed by atoms with Crippen molar-refractivity contribution in [2.24, 2.45) is 0 Å². The largest absolute Gasteiger partial charge is 0.383 e. The molecular weight excluding hydrogens is 394 g/mol. The molecule has 0 bridgehead atoms. The van der Waals surface area contributed by atoms with E-state index in [-0.39, 0.29) is 30.5 Å². The number of hydrogen-bond donors (Lipinski definition) is 2. The van der Waals surface area contributed by atoms with Crippen LogP contribution in [0.4, 0.5) is 11.5 Å². The maximum atomic E-state index is 12.8. The molecule has 2 aromatic carbocycles. The Kier molecular flexibility index (Phi) is 7.04. The van der Waals surface area contributed by atoms with E-state index >= 15 is 0 Å². The van der Waals surface area contributed by atoms with Gasteiger partial charge in [-0.05, 0) is 24.6 Å². The Morgan fingerprint density at radius 3 is 2.16 bits per heavy atom. The number of likely N-dealkylation sites (N-methyl/N-ethyl adjacent to an activating group) is 2. The molecule has 0 saturated heterocycles. The van der Waals surface area contributed by atoms with Crippen LogP contribution in [0.2, 0.25) is 0 Å². The fraction of sp³-hybridized carbons (Fsp3) is 0.261. The number of nitrogens with one attached hydrogen (secondary N) is 1. The van der Waals surface area contributed by atoms with E-state index < -0.39 is 11.2 Å². The summed E-state index contributed by atoms with van der Waals surface area (Å²) in [5, 5.41) is 0. The summed E-state index contributed by atoms with van der Waals surface area (Å²) in [4.78, 5) is 43.0. The molecule has 0 aliphatic rings. The summed E-state index contributed by atoms with van der Waals surface area (Å²) in [6.07, 6.45) is 0.805. The van der Waals surface area contributed by atoms with Crippen molar-refractivity contribution in [3.05, 3.63) is 92.6 Å². The van der Waals surface area contributed by atoms with Crippen LogP contribution in [0.25, 0.3) is 0 Å². The van der Waals surface area contributed by atoms with Crippen molar-refractivity contribution >= 4 is 17.4 Å². The highest BCUT2D eigenvalue weighted by molar-refractivity contribution is 5.96. The number of hydrogen-bond acceptors (Lipinski definition) is 5. The lowest BCUT2D eigenvalue weighted by atomic mass is 10.1. The third kappa shape index (κ3) is 5.49. The van der Waals surface area contributed by atoms with Gasteiger partial charge in [-0.1, -0.05) is 60.7 Å². The number of amides is 1. The van der Waals surface area contributed by atoms with Crippen LogP contribution in [0.15, 0.2) is 70.3 Å². The van der Waals surface area contributed by atoms with Crippen LogP contribution in [0, 0.1) is 0 Å². The van der Waals surface area contributed by atoms with Crippen LogP contribution in [-0.2, 0) is 17.8 Å². The summed E-state index contributed by atoms with van der Waals surface area (Å²) in [6, 6.07) is 19.3. The summed E-state index contributed by atoms with van der Waals surface area (Å²) in [6.45, 7) is 0.983. The van der Waals surface area contributed by atoms with E-state index in [1.165, 1.54) is 22.1 Å². The van der Waals surface area contributed by atoms with Crippen LogP contribution >= 0.6 is 0 Å². The molecule has 0 saturated carbocycles. The van der Waals surface area contributed by atoms with E-state index in [0.717, 1.165) is 12.0 Å². The monoisotopic (exact) mass is 421 g/mol. The normalized spacial score (nSPS) is 10.9. The topological polar surface area (TPSA) is 104 Å². The van der Waals surface area contributed by atoms with Gasteiger partial charge >= 0.3 is 5.69 Å². The average molecular weight is 422 g/mol. The quantitative estimate of drug-likeness (QED) is 0.571. The van der Waals surface area contributed by atoms with E-state index in [2.05, 4.69) is 4.98 Å². The van der Waals surface area contributed by atoms with Crippen molar-refractivity contribution in [3.8, 4) is 0 Å². The standard InChI is InChI=1S/C23H27N5O3/c1-26(14-13-17-9-5-3-6-10-17)16-19(29)27(2)20-21(24)28(23(31)25-22(20)30)15-18-11-7-4-8-12-18/h3-12H,13-16,24H2,1-2H3,(H,25,30,31). The highest BCUT2D eigenvalue weighted by Gasteiger charge is 2.22. The Hall–Kier alpha value is -3.65. The second-order valence-electron chi connectivity index (χ2n) is 7.49. The van der Waals surface area contributed by atoms with E-state index in [1.807, 2.05) is 72.6 Å². The van der Waals surface area contributed by atoms with Gasteiger partial charge in [0.15, 0.2) is 5.69 Å². The Labute approximate surface area is 180 Å². The molecule has 3 N–H and O–H groups in total. The molecule has 0 aliphatic heterocycles. The fourth-order valence-electron chi connectivity index (χ4n) is 3.33. The molecule has 8 nitrogen and oxygen atoms in total. The van der Waals surface area contributed by atoms with Gasteiger partial charge in [0.1, 0.15) is 5.82 Å². The maximum absolute atomic E-state index is 12.8. The molecule has 1 amide bonds. The minimum atomic E-state index is -0.686. The lowest BCUT2D eigenvalue weighted by molar-refractivity contribution is -0.119. The van der Waals surface area contributed by atoms with E-state index in [9.17, 15) is 14.4 Å². The number of carbonyl (C=O) groups is 1. The third-order valence-electron chi connectivity index (χ3n) is 5.14. The number of aromatic nitrogens is 2. The summed E-state index contributed by atoms with van der Waals surface area (Å²) >= 11 is 0. The lowest BCUT2D eigenvalue weighted by Crippen LogP contribution is -2.43. The molecule has 3 aromatic rings. The Bertz CT molecular complexity index is 1140. The van der Waals surface area contributed by atoms with Crippen LogP contribution in [0.1, 0.15) is 11.1 Å². The molecule has 1 aromatic heterocycles. The van der Waals surface area contributed by atoms with Gasteiger partial charge in [-0.3, -0.25) is 24.0 Å². The van der Waals surface area contributed by atoms with E-state index in [1.54, 1.807) is 0 Å². The molecule has 0 fully saturated rings. The van der Waals surface area contributed by atoms with Gasteiger partial charge in [0.05, 0.1) is 13.1 Å². The molecule has 1 heterocycles. The molecule has 0 radical (unpaired) electrons. The number of nitrogens with zero attached hydrogens (tertiary/aromatic N) is 3. The number of carbonyl (C=O) groups excluding carboxylic acids is 1. The summed E-state index contributed by atoms with van der Waals surface area (Å²) in [7, 11) is 3.34. The molecule has 0 spiro atoms. The molecule has 8 heteroatoms. The zero-order chi connectivity index (χ0) is 22.4. The lowest BCUT2D eigenvalue weighted by Gasteiger charge is -2.23. The minimum absolute atomic E-state index is 0.0306. The number of H-pyrrole nitrogens is 1. The van der Waals surface area contributed by atoms with Crippen molar-refractivity contribution in [2.75, 3.05) is 37.8 Å². The van der Waals surface area contributed by atoms with E-state index in [4.69, 9.17) is 5.73 Å². The predicted octanol–water partition coefficient (Wildman–Crippen LogP) is 1.30. The molecule has 3 rings (SSSR count). The van der Waals surface area contributed by atoms with Gasteiger partial charge in [0.2, 0.25) is 5.91 Å². The second-order valence-corrected chi connectivity index (χ2v) is 7.49. The average Bonchev–Trinajstić information content (AvgIpc) is 2.76. The van der Waals surface area contributed by atoms with Gasteiger partial charge in [-0.2, -0.15) is 0 Å². The third-order valence-corrected chi connectivity index (χ3v) is 5.14. The first kappa shape index (κ1) is 22.0. The summed E-state index contributed by atoms with van der Waals surface area (Å²) in [5.74, 6) is -0.335. The molecule has 31 heavy (non-hydrogen) atoms. The molecular formula is C23H27N5O3. The fourth-order valence-corrected chi connectivity index (χ4v) is 3.33. The van der Waals surface area contributed by atoms with Crippen LogP contribution in [0.5, 0.6) is 0 Å². The Balaban J connectivity index is 1.74. The van der Waals surface area contributed by atoms with E-state index in [0.29, 0.717) is 6.54 Å². The first-order valence-electron chi connectivity index (χ1n) is 10.0. The van der Waals surface area contributed by atoms with Gasteiger partial charge < -0.3 is 10.6 Å². The van der Waals surface area contributed by atoms with Crippen LogP contribution in [-0.4, -0.2) is 47.5 Å². The Morgan fingerprint density at radius 1 is 0.968 bits per heavy atom. The van der Waals surface area contributed by atoms with Crippen molar-refractivity contribution in [1.29, 1.82) is 0 Å². The molecule has 162 valence electrons. The number of nitrogens with two attached hydrogens (primary N) is 1. The SMILES string of the molecule is CN(CCc1ccccc1)CC(=O)N(C)c1c(N)n(Cc2ccccc2)c(=O)[nH]c1=O. The minimum Gasteiger partial charge on any atom is -0.383 e. The zero-order valence-corrected chi connectivity index (χ0v) is 17.7. The van der Waals surface area contributed by atoms with Gasteiger partial charge in [-0.25, -0.2) is 4.79 Å². The summed E-state index contributed by atoms with van der Waals surface area (Å²) in [5.41, 5.74) is 6.88. The predicted molar refractivity (Wildman–Crippen MR) is 122 cm³/mol. The van der Waals surface area contributed by atoms with Crippen LogP contribution < -0.4 is 21.9 Å². The molecule has 0 atom stereocenters. The van der Waals surface area contributed by atoms with Gasteiger partial charge in [0, 0.05) is 13.6 Å². The number of anilines is 2. The van der Waals surface area contributed by atoms with Crippen molar-refractivity contribution in [3.63, 3.8) is 0 Å². The van der Waals surface area contributed by atoms with Crippen LogP contribution in [0.3, 0.4) is 0 Å². The van der Waals surface area contributed by atoms with Crippen molar-refractivity contribution < 1.29 is 4.79 Å². The van der Waals surface area contributed by atoms with Gasteiger partial charge in [0.25, 0.3) is 5.56 Å². The smallest absolute Gasteiger partial charge is 0.330 e. The first-order chi connectivity index (χ1) is 14.9. The number of nitrogen functional groups attached to an aromatic ring is 1. The molecule has 0 unspecified atom stereocenters. The van der Waals surface area contributed by atoms with Crippen molar-refractivity contribution in [1.82, 2.24) is 14.5 Å². The second kappa shape index (κ2) is 9.90. The highest BCUT2D eigenvalue weighted by atomic mass is 16.2. The van der Waals surface area contributed by atoms with Gasteiger partial charge in [-0.15, -0.1) is 0 Å². The summed E-state index contributed by atoms with van der Waals surface area (Å²) < 4.78 is 1.26.